The third-order valence-corrected chi connectivity index (χ3v) is 2.99. The summed E-state index contributed by atoms with van der Waals surface area (Å²) < 4.78 is 1.08. The summed E-state index contributed by atoms with van der Waals surface area (Å²) in [5.41, 5.74) is 1.80. The van der Waals surface area contributed by atoms with Crippen molar-refractivity contribution >= 4 is 34.8 Å². The molecule has 0 bridgehead atoms. The molecular weight excluding hydrogens is 303 g/mol. The van der Waals surface area contributed by atoms with Gasteiger partial charge in [0.25, 0.3) is 5.91 Å². The van der Waals surface area contributed by atoms with E-state index in [1.807, 2.05) is 33.2 Å². The summed E-state index contributed by atoms with van der Waals surface area (Å²) in [6.07, 6.45) is 1.51. The molecule has 0 saturated carbocycles. The van der Waals surface area contributed by atoms with Gasteiger partial charge in [-0.3, -0.25) is 4.79 Å². The number of carbonyl (C=O) groups excluding carboxylic acids is 1. The average Bonchev–Trinajstić information content (AvgIpc) is 2.18. The first-order valence-corrected chi connectivity index (χ1v) is 5.59. The Bertz CT molecular complexity index is 400. The Hall–Kier alpha value is -0.910. The van der Waals surface area contributed by atoms with Crippen molar-refractivity contribution in [3.8, 4) is 0 Å². The first kappa shape index (κ1) is 12.2. The molecule has 0 aliphatic heterocycles. The number of benzene rings is 1. The second-order valence-corrected chi connectivity index (χ2v) is 4.64. The van der Waals surface area contributed by atoms with Gasteiger partial charge in [0.15, 0.2) is 0 Å². The second kappa shape index (κ2) is 5.25. The fraction of sp³-hybridized carbons (Fsp3) is 0.273. The number of halogens is 1. The van der Waals surface area contributed by atoms with E-state index in [4.69, 9.17) is 0 Å². The fourth-order valence-corrected chi connectivity index (χ4v) is 1.48. The van der Waals surface area contributed by atoms with Gasteiger partial charge in [-0.25, -0.2) is 0 Å². The van der Waals surface area contributed by atoms with Gasteiger partial charge in [-0.15, -0.1) is 0 Å². The molecule has 0 fully saturated rings. The minimum atomic E-state index is -0.207. The lowest BCUT2D eigenvalue weighted by molar-refractivity contribution is 0.100. The van der Waals surface area contributed by atoms with Crippen molar-refractivity contribution in [2.45, 2.75) is 6.92 Å². The first-order valence-electron chi connectivity index (χ1n) is 4.52. The normalized spacial score (nSPS) is 10.7. The number of rotatable bonds is 2. The maximum absolute atomic E-state index is 11.6. The zero-order valence-corrected chi connectivity index (χ0v) is 11.1. The molecular formula is C11H13IN2O. The molecule has 0 aromatic heterocycles. The average molecular weight is 316 g/mol. The molecule has 1 aromatic carbocycles. The standard InChI is InChI=1S/C11H13IN2O/c1-8-4-5-9(6-10(8)12)11(15)13-7-14(2)3/h4-7H,1-3H3/b13-7+. The molecule has 0 unspecified atom stereocenters. The molecule has 0 N–H and O–H groups in total. The predicted molar refractivity (Wildman–Crippen MR) is 70.4 cm³/mol. The van der Waals surface area contributed by atoms with Gasteiger partial charge in [0.1, 0.15) is 0 Å². The Morgan fingerprint density at radius 3 is 2.67 bits per heavy atom. The molecule has 0 aliphatic rings. The van der Waals surface area contributed by atoms with E-state index in [9.17, 15) is 4.79 Å². The fourth-order valence-electron chi connectivity index (χ4n) is 0.968. The van der Waals surface area contributed by atoms with E-state index >= 15 is 0 Å². The summed E-state index contributed by atoms with van der Waals surface area (Å²) in [7, 11) is 3.66. The molecule has 1 rings (SSSR count). The molecule has 0 atom stereocenters. The van der Waals surface area contributed by atoms with Gasteiger partial charge in [-0.05, 0) is 47.2 Å². The van der Waals surface area contributed by atoms with Crippen molar-refractivity contribution in [3.63, 3.8) is 0 Å². The van der Waals surface area contributed by atoms with Crippen molar-refractivity contribution in [3.05, 3.63) is 32.9 Å². The van der Waals surface area contributed by atoms with Gasteiger partial charge < -0.3 is 4.90 Å². The van der Waals surface area contributed by atoms with Crippen LogP contribution in [0.3, 0.4) is 0 Å². The van der Waals surface area contributed by atoms with Crippen LogP contribution < -0.4 is 0 Å². The van der Waals surface area contributed by atoms with Gasteiger partial charge in [0, 0.05) is 23.2 Å². The molecule has 15 heavy (non-hydrogen) atoms. The molecule has 0 radical (unpaired) electrons. The number of hydrogen-bond acceptors (Lipinski definition) is 1. The lowest BCUT2D eigenvalue weighted by atomic mass is 10.1. The van der Waals surface area contributed by atoms with Crippen LogP contribution in [0.2, 0.25) is 0 Å². The minimum absolute atomic E-state index is 0.207. The smallest absolute Gasteiger partial charge is 0.278 e. The van der Waals surface area contributed by atoms with Crippen LogP contribution in [-0.4, -0.2) is 31.2 Å². The number of aliphatic imine (C=N–C) groups is 1. The van der Waals surface area contributed by atoms with Crippen molar-refractivity contribution in [2.24, 2.45) is 4.99 Å². The summed E-state index contributed by atoms with van der Waals surface area (Å²) in [5, 5.41) is 0. The number of aryl methyl sites for hydroxylation is 1. The van der Waals surface area contributed by atoms with Gasteiger partial charge in [-0.1, -0.05) is 6.07 Å². The van der Waals surface area contributed by atoms with E-state index in [1.165, 1.54) is 11.9 Å². The van der Waals surface area contributed by atoms with Crippen LogP contribution in [0.25, 0.3) is 0 Å². The Kier molecular flexibility index (Phi) is 4.26. The van der Waals surface area contributed by atoms with Crippen LogP contribution in [0.15, 0.2) is 23.2 Å². The molecule has 0 heterocycles. The third-order valence-electron chi connectivity index (χ3n) is 1.82. The predicted octanol–water partition coefficient (Wildman–Crippen LogP) is 2.33. The Balaban J connectivity index is 2.88. The van der Waals surface area contributed by atoms with E-state index in [1.54, 1.807) is 11.0 Å². The second-order valence-electron chi connectivity index (χ2n) is 3.48. The maximum atomic E-state index is 11.6. The first-order chi connectivity index (χ1) is 7.00. The highest BCUT2D eigenvalue weighted by Crippen LogP contribution is 2.14. The van der Waals surface area contributed by atoms with Crippen LogP contribution in [0.5, 0.6) is 0 Å². The molecule has 1 aromatic rings. The van der Waals surface area contributed by atoms with Crippen LogP contribution in [0.4, 0.5) is 0 Å². The highest BCUT2D eigenvalue weighted by atomic mass is 127. The Labute approximate surface area is 103 Å². The molecule has 0 spiro atoms. The van der Waals surface area contributed by atoms with Gasteiger partial charge in [0.2, 0.25) is 0 Å². The van der Waals surface area contributed by atoms with Gasteiger partial charge in [0.05, 0.1) is 6.34 Å². The van der Waals surface area contributed by atoms with Gasteiger partial charge in [-0.2, -0.15) is 4.99 Å². The molecule has 0 aliphatic carbocycles. The van der Waals surface area contributed by atoms with E-state index in [0.717, 1.165) is 3.57 Å². The highest BCUT2D eigenvalue weighted by Gasteiger charge is 2.04. The summed E-state index contributed by atoms with van der Waals surface area (Å²) >= 11 is 2.21. The van der Waals surface area contributed by atoms with E-state index in [0.29, 0.717) is 5.56 Å². The number of nitrogens with zero attached hydrogens (tertiary/aromatic N) is 2. The highest BCUT2D eigenvalue weighted by molar-refractivity contribution is 14.1. The van der Waals surface area contributed by atoms with Crippen molar-refractivity contribution in [2.75, 3.05) is 14.1 Å². The number of carbonyl (C=O) groups is 1. The zero-order chi connectivity index (χ0) is 11.4. The van der Waals surface area contributed by atoms with Gasteiger partial charge >= 0.3 is 0 Å². The minimum Gasteiger partial charge on any atom is -0.369 e. The topological polar surface area (TPSA) is 32.7 Å². The van der Waals surface area contributed by atoms with Crippen LogP contribution in [0, 0.1) is 10.5 Å². The third kappa shape index (κ3) is 3.62. The summed E-state index contributed by atoms with van der Waals surface area (Å²) in [6.45, 7) is 2.01. The lowest BCUT2D eigenvalue weighted by Gasteiger charge is -2.03. The number of amides is 1. The van der Waals surface area contributed by atoms with Crippen molar-refractivity contribution in [1.82, 2.24) is 4.90 Å². The monoisotopic (exact) mass is 316 g/mol. The quantitative estimate of drug-likeness (QED) is 0.477. The van der Waals surface area contributed by atoms with E-state index < -0.39 is 0 Å². The van der Waals surface area contributed by atoms with Crippen LogP contribution >= 0.6 is 22.6 Å². The van der Waals surface area contributed by atoms with E-state index in [-0.39, 0.29) is 5.91 Å². The zero-order valence-electron chi connectivity index (χ0n) is 8.99. The number of hydrogen-bond donors (Lipinski definition) is 0. The molecule has 80 valence electrons. The molecule has 1 amide bonds. The Morgan fingerprint density at radius 1 is 1.47 bits per heavy atom. The molecule has 3 nitrogen and oxygen atoms in total. The van der Waals surface area contributed by atoms with Crippen LogP contribution in [-0.2, 0) is 0 Å². The van der Waals surface area contributed by atoms with Crippen molar-refractivity contribution < 1.29 is 4.79 Å². The van der Waals surface area contributed by atoms with Crippen molar-refractivity contribution in [1.29, 1.82) is 0 Å². The summed E-state index contributed by atoms with van der Waals surface area (Å²) in [6, 6.07) is 5.58. The lowest BCUT2D eigenvalue weighted by Crippen LogP contribution is -2.09. The van der Waals surface area contributed by atoms with E-state index in [2.05, 4.69) is 27.6 Å². The van der Waals surface area contributed by atoms with Crippen LogP contribution in [0.1, 0.15) is 15.9 Å². The molecule has 0 saturated heterocycles. The largest absolute Gasteiger partial charge is 0.369 e. The molecule has 4 heteroatoms. The summed E-state index contributed by atoms with van der Waals surface area (Å²) in [4.78, 5) is 17.1. The Morgan fingerprint density at radius 2 is 2.13 bits per heavy atom. The summed E-state index contributed by atoms with van der Waals surface area (Å²) in [5.74, 6) is -0.207. The maximum Gasteiger partial charge on any atom is 0.278 e. The SMILES string of the molecule is Cc1ccc(C(=O)/N=C/N(C)C)cc1I.